The molecule has 0 bridgehead atoms. The first-order valence-corrected chi connectivity index (χ1v) is 8.07. The Morgan fingerprint density at radius 2 is 1.72 bits per heavy atom. The van der Waals surface area contributed by atoms with E-state index in [9.17, 15) is 5.26 Å². The highest BCUT2D eigenvalue weighted by Gasteiger charge is 2.15. The Morgan fingerprint density at radius 3 is 2.28 bits per heavy atom. The highest BCUT2D eigenvalue weighted by atomic mass is 16.5. The van der Waals surface area contributed by atoms with Crippen LogP contribution in [0.4, 0.5) is 5.69 Å². The zero-order chi connectivity index (χ0) is 18.2. The summed E-state index contributed by atoms with van der Waals surface area (Å²) in [6.07, 6.45) is 0. The van der Waals surface area contributed by atoms with Crippen molar-refractivity contribution in [3.8, 4) is 11.8 Å². The molecule has 0 fully saturated rings. The molecular weight excluding hydrogens is 312 g/mol. The third-order valence-electron chi connectivity index (χ3n) is 3.69. The van der Waals surface area contributed by atoms with Crippen LogP contribution in [0.1, 0.15) is 19.4 Å². The van der Waals surface area contributed by atoms with Crippen molar-refractivity contribution >= 4 is 11.4 Å². The first-order valence-electron chi connectivity index (χ1n) is 8.07. The van der Waals surface area contributed by atoms with Crippen molar-refractivity contribution < 1.29 is 9.73 Å². The minimum Gasteiger partial charge on any atom is -0.489 e. The second-order valence-electron chi connectivity index (χ2n) is 5.93. The van der Waals surface area contributed by atoms with Crippen LogP contribution in [0.3, 0.4) is 0 Å². The molecule has 0 saturated carbocycles. The number of ether oxygens (including phenoxy) is 1. The standard InChI is InChI=1S/C20H22N4O/c1-14(2)19(22)20(23)18(12-21)24-16-8-10-17(11-9-16)25-13-15-6-4-3-5-7-15/h3-11,14H,13,22-23H2,1-2H3/p+1/b20-19+,24-18?. The van der Waals surface area contributed by atoms with Crippen molar-refractivity contribution in [1.82, 2.24) is 0 Å². The highest BCUT2D eigenvalue weighted by Crippen LogP contribution is 2.14. The van der Waals surface area contributed by atoms with Gasteiger partial charge in [0.05, 0.1) is 0 Å². The monoisotopic (exact) mass is 335 g/mol. The van der Waals surface area contributed by atoms with E-state index in [2.05, 4.69) is 11.1 Å². The van der Waals surface area contributed by atoms with Gasteiger partial charge < -0.3 is 16.2 Å². The lowest BCUT2D eigenvalue weighted by Crippen LogP contribution is -2.67. The number of nitrogens with zero attached hydrogens (tertiary/aromatic N) is 1. The Hall–Kier alpha value is -3.26. The fourth-order valence-electron chi connectivity index (χ4n) is 2.13. The molecule has 5 N–H and O–H groups in total. The van der Waals surface area contributed by atoms with Crippen LogP contribution >= 0.6 is 0 Å². The number of rotatable bonds is 6. The Bertz CT molecular complexity index is 800. The van der Waals surface area contributed by atoms with Crippen LogP contribution in [-0.4, -0.2) is 5.71 Å². The summed E-state index contributed by atoms with van der Waals surface area (Å²) in [7, 11) is 0. The maximum atomic E-state index is 9.31. The van der Waals surface area contributed by atoms with Gasteiger partial charge in [0.15, 0.2) is 6.07 Å². The Kier molecular flexibility index (Phi) is 6.19. The lowest BCUT2D eigenvalue weighted by atomic mass is 10.1. The third kappa shape index (κ3) is 5.11. The third-order valence-corrected chi connectivity index (χ3v) is 3.69. The number of hydrogen-bond donors (Lipinski definition) is 3. The molecular formula is C20H23N4O+. The van der Waals surface area contributed by atoms with Crippen molar-refractivity contribution in [2.24, 2.45) is 17.4 Å². The Balaban J connectivity index is 2.11. The van der Waals surface area contributed by atoms with Gasteiger partial charge in [-0.1, -0.05) is 44.2 Å². The Labute approximate surface area is 148 Å². The average Bonchev–Trinajstić information content (AvgIpc) is 2.65. The van der Waals surface area contributed by atoms with Crippen molar-refractivity contribution in [2.75, 3.05) is 0 Å². The van der Waals surface area contributed by atoms with E-state index >= 15 is 0 Å². The maximum absolute atomic E-state index is 9.31. The first kappa shape index (κ1) is 18.1. The van der Waals surface area contributed by atoms with E-state index in [1.807, 2.05) is 68.4 Å². The molecule has 2 aromatic carbocycles. The topological polar surface area (TPSA) is 99.0 Å². The zero-order valence-corrected chi connectivity index (χ0v) is 14.5. The van der Waals surface area contributed by atoms with Crippen LogP contribution in [0.2, 0.25) is 0 Å². The largest absolute Gasteiger partial charge is 0.489 e. The Morgan fingerprint density at radius 1 is 1.08 bits per heavy atom. The number of nitriles is 1. The van der Waals surface area contributed by atoms with Crippen molar-refractivity contribution in [3.63, 3.8) is 0 Å². The van der Waals surface area contributed by atoms with Gasteiger partial charge in [0.2, 0.25) is 5.69 Å². The summed E-state index contributed by atoms with van der Waals surface area (Å²) in [4.78, 5) is 3.00. The molecule has 2 aromatic rings. The van der Waals surface area contributed by atoms with Gasteiger partial charge in [-0.15, -0.1) is 0 Å². The van der Waals surface area contributed by atoms with Crippen LogP contribution in [0.5, 0.6) is 5.75 Å². The number of nitrogens with two attached hydrogens (primary N) is 2. The predicted molar refractivity (Wildman–Crippen MR) is 98.7 cm³/mol. The van der Waals surface area contributed by atoms with E-state index < -0.39 is 0 Å². The second kappa shape index (κ2) is 8.55. The molecule has 2 rings (SSSR count). The van der Waals surface area contributed by atoms with Crippen molar-refractivity contribution in [3.05, 3.63) is 71.6 Å². The predicted octanol–water partition coefficient (Wildman–Crippen LogP) is 1.73. The number of benzene rings is 2. The first-order chi connectivity index (χ1) is 12.0. The molecule has 25 heavy (non-hydrogen) atoms. The second-order valence-corrected chi connectivity index (χ2v) is 5.93. The molecule has 0 amide bonds. The summed E-state index contributed by atoms with van der Waals surface area (Å²) in [5, 5.41) is 9.31. The van der Waals surface area contributed by atoms with Gasteiger partial charge in [0.25, 0.3) is 0 Å². The molecule has 0 aliphatic rings. The molecule has 5 heteroatoms. The van der Waals surface area contributed by atoms with E-state index in [1.165, 1.54) is 0 Å². The summed E-state index contributed by atoms with van der Waals surface area (Å²) >= 11 is 0. The van der Waals surface area contributed by atoms with Crippen LogP contribution < -0.4 is 21.2 Å². The molecule has 128 valence electrons. The van der Waals surface area contributed by atoms with Gasteiger partial charge in [0.1, 0.15) is 18.1 Å². The van der Waals surface area contributed by atoms with Crippen LogP contribution in [0.15, 0.2) is 66.0 Å². The summed E-state index contributed by atoms with van der Waals surface area (Å²) in [6, 6.07) is 19.3. The summed E-state index contributed by atoms with van der Waals surface area (Å²) in [5.74, 6) is 0.817. The van der Waals surface area contributed by atoms with Crippen LogP contribution in [0, 0.1) is 17.2 Å². The van der Waals surface area contributed by atoms with Gasteiger partial charge >= 0.3 is 5.71 Å². The molecule has 0 unspecified atom stereocenters. The minimum absolute atomic E-state index is 0.0684. The van der Waals surface area contributed by atoms with Crippen molar-refractivity contribution in [1.29, 1.82) is 5.26 Å². The normalized spacial score (nSPS) is 12.5. The average molecular weight is 335 g/mol. The lowest BCUT2D eigenvalue weighted by Gasteiger charge is -2.07. The molecule has 0 aliphatic heterocycles. The molecule has 0 spiro atoms. The van der Waals surface area contributed by atoms with Gasteiger partial charge in [0, 0.05) is 17.8 Å². The van der Waals surface area contributed by atoms with Gasteiger partial charge in [-0.25, -0.2) is 0 Å². The van der Waals surface area contributed by atoms with Crippen LogP contribution in [0.25, 0.3) is 0 Å². The smallest absolute Gasteiger partial charge is 0.307 e. The van der Waals surface area contributed by atoms with E-state index in [-0.39, 0.29) is 17.3 Å². The highest BCUT2D eigenvalue weighted by molar-refractivity contribution is 6.07. The van der Waals surface area contributed by atoms with E-state index in [1.54, 1.807) is 0 Å². The van der Waals surface area contributed by atoms with E-state index in [0.717, 1.165) is 17.0 Å². The summed E-state index contributed by atoms with van der Waals surface area (Å²) in [5.41, 5.74) is 14.8. The quantitative estimate of drug-likeness (QED) is 0.700. The maximum Gasteiger partial charge on any atom is 0.307 e. The lowest BCUT2D eigenvalue weighted by molar-refractivity contribution is -0.351. The number of allylic oxidation sites excluding steroid dienone is 2. The number of nitrogens with one attached hydrogen (secondary N) is 1. The fourth-order valence-corrected chi connectivity index (χ4v) is 2.13. The van der Waals surface area contributed by atoms with Gasteiger partial charge in [-0.2, -0.15) is 10.3 Å². The summed E-state index contributed by atoms with van der Waals surface area (Å²) in [6.45, 7) is 4.36. The molecule has 5 nitrogen and oxygen atoms in total. The van der Waals surface area contributed by atoms with Gasteiger partial charge in [-0.3, -0.25) is 0 Å². The molecule has 0 radical (unpaired) electrons. The molecule has 0 saturated heterocycles. The summed E-state index contributed by atoms with van der Waals surface area (Å²) < 4.78 is 5.74. The molecule has 0 heterocycles. The molecule has 0 aromatic heterocycles. The minimum atomic E-state index is 0.0684. The van der Waals surface area contributed by atoms with Gasteiger partial charge in [-0.05, 0) is 23.6 Å². The van der Waals surface area contributed by atoms with Crippen molar-refractivity contribution in [2.45, 2.75) is 20.5 Å². The van der Waals surface area contributed by atoms with E-state index in [0.29, 0.717) is 12.3 Å². The fraction of sp³-hybridized carbons (Fsp3) is 0.200. The zero-order valence-electron chi connectivity index (χ0n) is 14.5. The molecule has 0 aliphatic carbocycles. The van der Waals surface area contributed by atoms with E-state index in [4.69, 9.17) is 16.2 Å². The SMILES string of the molecule is CC(C)/C(N)=C(\N)C(C#N)=[NH+]c1ccc(OCc2ccccc2)cc1. The molecule has 0 atom stereocenters. The number of hydrogen-bond acceptors (Lipinski definition) is 4. The van der Waals surface area contributed by atoms with Crippen LogP contribution in [-0.2, 0) is 6.61 Å².